The summed E-state index contributed by atoms with van der Waals surface area (Å²) in [5, 5.41) is 12.9. The van der Waals surface area contributed by atoms with Crippen LogP contribution in [0.2, 0.25) is 0 Å². The van der Waals surface area contributed by atoms with E-state index in [9.17, 15) is 33.1 Å². The Hall–Kier alpha value is -5.31. The zero-order valence-electron chi connectivity index (χ0n) is 33.7. The van der Waals surface area contributed by atoms with E-state index in [0.29, 0.717) is 73.4 Å². The van der Waals surface area contributed by atoms with Crippen LogP contribution in [-0.2, 0) is 20.9 Å². The van der Waals surface area contributed by atoms with E-state index >= 15 is 4.39 Å². The number of carbonyl (C=O) groups excluding carboxylic acids is 4. The summed E-state index contributed by atoms with van der Waals surface area (Å²) in [6.45, 7) is 9.86. The summed E-state index contributed by atoms with van der Waals surface area (Å²) in [5.74, 6) is -3.90. The highest BCUT2D eigenvalue weighted by Gasteiger charge is 2.61. The van der Waals surface area contributed by atoms with Crippen molar-refractivity contribution < 1.29 is 42.2 Å². The summed E-state index contributed by atoms with van der Waals surface area (Å²) in [7, 11) is 1.48. The molecule has 8 rings (SSSR count). The number of carbonyl (C=O) groups is 4. The van der Waals surface area contributed by atoms with Crippen molar-refractivity contribution >= 4 is 40.7 Å². The van der Waals surface area contributed by atoms with Crippen LogP contribution in [-0.4, -0.2) is 97.5 Å². The van der Waals surface area contributed by atoms with E-state index in [-0.39, 0.29) is 23.9 Å². The number of fused-ring (bicyclic) bond motifs is 1. The van der Waals surface area contributed by atoms with Crippen molar-refractivity contribution in [2.45, 2.75) is 77.4 Å². The number of aromatic hydroxyl groups is 1. The van der Waals surface area contributed by atoms with Crippen LogP contribution >= 0.6 is 0 Å². The maximum Gasteiger partial charge on any atom is 0.255 e. The minimum atomic E-state index is -1.19. The maximum atomic E-state index is 16.2. The molecule has 4 fully saturated rings. The standard InChI is InChI=1S/C44H51F3N6O6/c1-4-44(5-2)40(53(43(44)58)36-22-28(45)21-33(47)39(36)55)31-23-32(46)35(24-37(31)59-3)51-14-11-26(12-15-51)10-13-49-16-18-50(19-17-49)29-6-7-30-27(20-29)25-52(42(30)57)34-8-9-38(54)48-41(34)56/h6-7,20-24,26,34,40,55H,4-5,8-19,25H2,1-3H3,(H,48,54,56)/t34-,40-/m0/s1. The number of halogens is 3. The fourth-order valence-corrected chi connectivity index (χ4v) is 10.0. The molecule has 0 spiro atoms. The fourth-order valence-electron chi connectivity index (χ4n) is 10.0. The third-order valence-electron chi connectivity index (χ3n) is 13.6. The van der Waals surface area contributed by atoms with Crippen molar-refractivity contribution in [3.63, 3.8) is 0 Å². The predicted octanol–water partition coefficient (Wildman–Crippen LogP) is 5.90. The molecule has 4 amide bonds. The molecule has 4 saturated heterocycles. The van der Waals surface area contributed by atoms with Crippen LogP contribution in [0.15, 0.2) is 42.5 Å². The van der Waals surface area contributed by atoms with E-state index in [1.807, 2.05) is 30.9 Å². The summed E-state index contributed by atoms with van der Waals surface area (Å²) in [4.78, 5) is 60.5. The Kier molecular flexibility index (Phi) is 11.0. The first-order chi connectivity index (χ1) is 28.4. The van der Waals surface area contributed by atoms with Crippen LogP contribution in [0.25, 0.3) is 0 Å². The molecular weight excluding hydrogens is 766 g/mol. The maximum absolute atomic E-state index is 16.2. The highest BCUT2D eigenvalue weighted by atomic mass is 19.1. The number of hydrogen-bond acceptors (Lipinski definition) is 9. The zero-order chi connectivity index (χ0) is 41.7. The van der Waals surface area contributed by atoms with Crippen molar-refractivity contribution in [3.05, 3.63) is 76.6 Å². The Morgan fingerprint density at radius 3 is 2.25 bits per heavy atom. The van der Waals surface area contributed by atoms with E-state index < -0.39 is 52.5 Å². The fraction of sp³-hybridized carbons (Fsp3) is 0.500. The van der Waals surface area contributed by atoms with Crippen molar-refractivity contribution in [2.24, 2.45) is 11.3 Å². The SMILES string of the molecule is CCC1(CC)C(=O)N(c2cc(F)cc(F)c2O)[C@H]1c1cc(F)c(N2CCC(CCN3CCN(c4ccc5c(c4)CN([C@H]4CCC(=O)NC4=O)C5=O)CC3)CC2)cc1OC. The lowest BCUT2D eigenvalue weighted by molar-refractivity contribution is -0.141. The van der Waals surface area contributed by atoms with Gasteiger partial charge in [-0.15, -0.1) is 0 Å². The number of imide groups is 1. The summed E-state index contributed by atoms with van der Waals surface area (Å²) < 4.78 is 50.8. The number of anilines is 3. The summed E-state index contributed by atoms with van der Waals surface area (Å²) in [6.07, 6.45) is 4.18. The van der Waals surface area contributed by atoms with Gasteiger partial charge in [-0.25, -0.2) is 13.2 Å². The number of ether oxygens (including phenoxy) is 1. The molecule has 15 heteroatoms. The van der Waals surface area contributed by atoms with Crippen LogP contribution in [0.4, 0.5) is 30.2 Å². The third-order valence-corrected chi connectivity index (χ3v) is 13.6. The number of hydrogen-bond donors (Lipinski definition) is 2. The topological polar surface area (TPSA) is 126 Å². The van der Waals surface area contributed by atoms with E-state index in [1.54, 1.807) is 11.0 Å². The van der Waals surface area contributed by atoms with Gasteiger partial charge in [-0.2, -0.15) is 0 Å². The number of nitrogens with one attached hydrogen (secondary N) is 1. The Labute approximate surface area is 341 Å². The Morgan fingerprint density at radius 2 is 1.58 bits per heavy atom. The number of amides is 4. The number of piperidine rings is 2. The molecule has 5 aliphatic rings. The molecule has 3 aromatic carbocycles. The molecule has 314 valence electrons. The first-order valence-electron chi connectivity index (χ1n) is 20.8. The molecule has 0 bridgehead atoms. The molecule has 0 saturated carbocycles. The monoisotopic (exact) mass is 816 g/mol. The lowest BCUT2D eigenvalue weighted by Gasteiger charge is -2.56. The predicted molar refractivity (Wildman–Crippen MR) is 215 cm³/mol. The van der Waals surface area contributed by atoms with Crippen LogP contribution in [0, 0.1) is 28.8 Å². The second-order valence-electron chi connectivity index (χ2n) is 16.5. The first-order valence-corrected chi connectivity index (χ1v) is 20.8. The molecule has 59 heavy (non-hydrogen) atoms. The molecule has 0 radical (unpaired) electrons. The molecule has 0 aromatic heterocycles. The van der Waals surface area contributed by atoms with E-state index in [4.69, 9.17) is 4.74 Å². The first kappa shape index (κ1) is 40.5. The van der Waals surface area contributed by atoms with Gasteiger partial charge in [0.25, 0.3) is 5.91 Å². The van der Waals surface area contributed by atoms with Crippen molar-refractivity contribution in [2.75, 3.05) is 67.6 Å². The van der Waals surface area contributed by atoms with Gasteiger partial charge in [0, 0.05) is 87.2 Å². The zero-order valence-corrected chi connectivity index (χ0v) is 33.7. The van der Waals surface area contributed by atoms with Crippen LogP contribution < -0.4 is 24.8 Å². The molecule has 5 heterocycles. The van der Waals surface area contributed by atoms with Gasteiger partial charge >= 0.3 is 0 Å². The van der Waals surface area contributed by atoms with Gasteiger partial charge in [0.1, 0.15) is 23.4 Å². The van der Waals surface area contributed by atoms with Crippen LogP contribution in [0.3, 0.4) is 0 Å². The van der Waals surface area contributed by atoms with Gasteiger partial charge in [-0.05, 0) is 80.8 Å². The minimum absolute atomic E-state index is 0.172. The average molecular weight is 817 g/mol. The van der Waals surface area contributed by atoms with Gasteiger partial charge in [0.2, 0.25) is 17.7 Å². The summed E-state index contributed by atoms with van der Waals surface area (Å²) >= 11 is 0. The average Bonchev–Trinajstić information content (AvgIpc) is 3.56. The Morgan fingerprint density at radius 1 is 0.847 bits per heavy atom. The lowest BCUT2D eigenvalue weighted by atomic mass is 9.64. The molecule has 3 aromatic rings. The normalized spacial score (nSPS) is 22.5. The Balaban J connectivity index is 0.859. The van der Waals surface area contributed by atoms with Crippen LogP contribution in [0.1, 0.15) is 86.3 Å². The number of nitrogens with zero attached hydrogens (tertiary/aromatic N) is 5. The number of β-lactam (4-membered cyclic amide) rings is 1. The summed E-state index contributed by atoms with van der Waals surface area (Å²) in [6, 6.07) is 8.93. The second-order valence-corrected chi connectivity index (χ2v) is 16.5. The Bertz CT molecular complexity index is 2170. The number of piperazine rings is 1. The molecule has 2 N–H and O–H groups in total. The molecule has 0 aliphatic carbocycles. The van der Waals surface area contributed by atoms with E-state index in [1.165, 1.54) is 13.2 Å². The van der Waals surface area contributed by atoms with Gasteiger partial charge in [0.05, 0.1) is 29.9 Å². The van der Waals surface area contributed by atoms with Gasteiger partial charge in [0.15, 0.2) is 11.6 Å². The van der Waals surface area contributed by atoms with Gasteiger partial charge in [-0.3, -0.25) is 34.3 Å². The second kappa shape index (κ2) is 16.0. The van der Waals surface area contributed by atoms with Crippen LogP contribution in [0.5, 0.6) is 11.5 Å². The van der Waals surface area contributed by atoms with Crippen molar-refractivity contribution in [1.29, 1.82) is 0 Å². The minimum Gasteiger partial charge on any atom is -0.503 e. The number of benzene rings is 3. The van der Waals surface area contributed by atoms with Crippen molar-refractivity contribution in [3.8, 4) is 11.5 Å². The van der Waals surface area contributed by atoms with E-state index in [0.717, 1.165) is 74.2 Å². The third kappa shape index (κ3) is 7.14. The highest BCUT2D eigenvalue weighted by Crippen LogP contribution is 2.59. The van der Waals surface area contributed by atoms with Gasteiger partial charge in [-0.1, -0.05) is 13.8 Å². The summed E-state index contributed by atoms with van der Waals surface area (Å²) in [5.41, 5.74) is 2.06. The van der Waals surface area contributed by atoms with E-state index in [2.05, 4.69) is 21.2 Å². The van der Waals surface area contributed by atoms with Gasteiger partial charge < -0.3 is 24.5 Å². The molecule has 0 unspecified atom stereocenters. The molecule has 12 nitrogen and oxygen atoms in total. The highest BCUT2D eigenvalue weighted by molar-refractivity contribution is 6.08. The molecule has 5 aliphatic heterocycles. The quantitative estimate of drug-likeness (QED) is 0.180. The lowest BCUT2D eigenvalue weighted by Crippen LogP contribution is -2.63. The number of rotatable bonds is 11. The number of phenols is 1. The smallest absolute Gasteiger partial charge is 0.255 e. The largest absolute Gasteiger partial charge is 0.503 e. The van der Waals surface area contributed by atoms with Crippen molar-refractivity contribution in [1.82, 2.24) is 15.1 Å². The number of phenolic OH excluding ortho intramolecular Hbond substituents is 1. The molecular formula is C44H51F3N6O6. The number of methoxy groups -OCH3 is 1. The molecule has 2 atom stereocenters.